The molecule has 0 spiro atoms. The lowest BCUT2D eigenvalue weighted by Crippen LogP contribution is -2.01. The Morgan fingerprint density at radius 1 is 1.25 bits per heavy atom. The molecule has 2 rings (SSSR count). The smallest absolute Gasteiger partial charge is 0.469 e. The molecular formula is C14H14N3O6P. The Balaban J connectivity index is 2.48. The molecule has 0 radical (unpaired) electrons. The number of aromatic hydroxyl groups is 1. The van der Waals surface area contributed by atoms with Gasteiger partial charge in [0.2, 0.25) is 0 Å². The second-order valence-corrected chi connectivity index (χ2v) is 5.92. The Morgan fingerprint density at radius 3 is 2.50 bits per heavy atom. The maximum atomic E-state index is 11.2. The van der Waals surface area contributed by atoms with E-state index in [0.29, 0.717) is 12.0 Å². The van der Waals surface area contributed by atoms with Gasteiger partial charge in [0.1, 0.15) is 5.75 Å². The van der Waals surface area contributed by atoms with Crippen molar-refractivity contribution < 1.29 is 28.8 Å². The van der Waals surface area contributed by atoms with Gasteiger partial charge in [-0.1, -0.05) is 18.2 Å². The van der Waals surface area contributed by atoms with Crippen LogP contribution in [0, 0.1) is 6.92 Å². The van der Waals surface area contributed by atoms with Crippen LogP contribution >= 0.6 is 7.82 Å². The first-order valence-corrected chi connectivity index (χ1v) is 8.19. The number of nitrogens with zero attached hydrogens (tertiary/aromatic N) is 3. The highest BCUT2D eigenvalue weighted by molar-refractivity contribution is 7.46. The first-order valence-electron chi connectivity index (χ1n) is 6.66. The highest BCUT2D eigenvalue weighted by Crippen LogP contribution is 2.39. The highest BCUT2D eigenvalue weighted by Gasteiger charge is 2.21. The molecule has 0 unspecified atom stereocenters. The molecule has 0 aliphatic rings. The summed E-state index contributed by atoms with van der Waals surface area (Å²) in [6.07, 6.45) is 0.337. The fourth-order valence-corrected chi connectivity index (χ4v) is 2.14. The van der Waals surface area contributed by atoms with Crippen LogP contribution in [0.2, 0.25) is 0 Å². The lowest BCUT2D eigenvalue weighted by atomic mass is 10.1. The third-order valence-corrected chi connectivity index (χ3v) is 3.44. The van der Waals surface area contributed by atoms with Crippen LogP contribution < -0.4 is 0 Å². The van der Waals surface area contributed by atoms with E-state index in [4.69, 9.17) is 9.79 Å². The Hall–Kier alpha value is -2.45. The molecule has 24 heavy (non-hydrogen) atoms. The van der Waals surface area contributed by atoms with Gasteiger partial charge in [0.15, 0.2) is 12.1 Å². The second kappa shape index (κ2) is 7.41. The van der Waals surface area contributed by atoms with E-state index in [2.05, 4.69) is 19.7 Å². The Morgan fingerprint density at radius 2 is 1.92 bits per heavy atom. The van der Waals surface area contributed by atoms with Crippen LogP contribution in [-0.4, -0.2) is 26.2 Å². The van der Waals surface area contributed by atoms with Crippen LogP contribution in [0.3, 0.4) is 0 Å². The summed E-state index contributed by atoms with van der Waals surface area (Å²) >= 11 is 0. The van der Waals surface area contributed by atoms with E-state index in [1.54, 1.807) is 30.3 Å². The van der Waals surface area contributed by atoms with E-state index in [9.17, 15) is 14.5 Å². The Kier molecular flexibility index (Phi) is 5.53. The van der Waals surface area contributed by atoms with Crippen LogP contribution in [0.5, 0.6) is 5.75 Å². The van der Waals surface area contributed by atoms with Crippen molar-refractivity contribution in [2.24, 2.45) is 10.2 Å². The number of pyridine rings is 1. The minimum absolute atomic E-state index is 0.0730. The van der Waals surface area contributed by atoms with E-state index < -0.39 is 20.2 Å². The van der Waals surface area contributed by atoms with Crippen LogP contribution in [-0.2, 0) is 15.7 Å². The van der Waals surface area contributed by atoms with Gasteiger partial charge >= 0.3 is 7.82 Å². The van der Waals surface area contributed by atoms with Crippen molar-refractivity contribution in [3.05, 3.63) is 47.2 Å². The van der Waals surface area contributed by atoms with Gasteiger partial charge in [-0.3, -0.25) is 9.32 Å². The Bertz CT molecular complexity index is 819. The van der Waals surface area contributed by atoms with Gasteiger partial charge in [0.25, 0.3) is 0 Å². The zero-order chi connectivity index (χ0) is 17.7. The summed E-state index contributed by atoms with van der Waals surface area (Å²) in [5.74, 6) is -0.488. The summed E-state index contributed by atoms with van der Waals surface area (Å²) in [5.41, 5.74) is 0.354. The molecule has 10 heteroatoms. The molecular weight excluding hydrogens is 337 g/mol. The summed E-state index contributed by atoms with van der Waals surface area (Å²) < 4.78 is 15.3. The molecule has 1 aromatic heterocycles. The number of aryl methyl sites for hydroxylation is 1. The van der Waals surface area contributed by atoms with Gasteiger partial charge in [0.05, 0.1) is 23.6 Å². The molecule has 0 amide bonds. The van der Waals surface area contributed by atoms with Crippen molar-refractivity contribution in [1.29, 1.82) is 0 Å². The van der Waals surface area contributed by atoms with E-state index in [1.165, 1.54) is 6.92 Å². The summed E-state index contributed by atoms with van der Waals surface area (Å²) in [4.78, 5) is 32.9. The molecule has 0 fully saturated rings. The minimum atomic E-state index is -4.78. The first kappa shape index (κ1) is 17.9. The van der Waals surface area contributed by atoms with Crippen molar-refractivity contribution in [2.45, 2.75) is 13.5 Å². The molecule has 1 aromatic carbocycles. The molecule has 0 atom stereocenters. The van der Waals surface area contributed by atoms with E-state index >= 15 is 0 Å². The lowest BCUT2D eigenvalue weighted by molar-refractivity contribution is 0.111. The van der Waals surface area contributed by atoms with Crippen LogP contribution in [0.1, 0.15) is 21.6 Å². The number of hydrogen-bond acceptors (Lipinski definition) is 7. The van der Waals surface area contributed by atoms with Gasteiger partial charge in [-0.05, 0) is 19.1 Å². The largest absolute Gasteiger partial charge is 0.505 e. The molecule has 0 aliphatic carbocycles. The van der Waals surface area contributed by atoms with E-state index in [1.807, 2.05) is 0 Å². The topological polar surface area (TPSA) is 142 Å². The number of benzene rings is 1. The molecule has 9 nitrogen and oxygen atoms in total. The number of carbonyl (C=O) groups excluding carboxylic acids is 1. The standard InChI is InChI=1S/C14H14N3O6P/c1-9-13(19)11(7-18)12(8-23-24(20,21)22)14(15-9)17-16-10-5-3-2-4-6-10/h2-7,19H,8H2,1H3,(H2,20,21,22). The van der Waals surface area contributed by atoms with Gasteiger partial charge in [0, 0.05) is 5.56 Å². The maximum Gasteiger partial charge on any atom is 0.469 e. The number of hydrogen-bond donors (Lipinski definition) is 3. The zero-order valence-corrected chi connectivity index (χ0v) is 13.4. The third kappa shape index (κ3) is 4.53. The number of azo groups is 1. The van der Waals surface area contributed by atoms with E-state index in [0.717, 1.165) is 0 Å². The third-order valence-electron chi connectivity index (χ3n) is 2.98. The maximum absolute atomic E-state index is 11.2. The molecule has 0 bridgehead atoms. The van der Waals surface area contributed by atoms with Gasteiger partial charge in [-0.15, -0.1) is 10.2 Å². The number of aromatic nitrogens is 1. The molecule has 0 saturated carbocycles. The quantitative estimate of drug-likeness (QED) is 0.412. The number of carbonyl (C=O) groups is 1. The number of phosphoric acid groups is 1. The molecule has 0 aliphatic heterocycles. The molecule has 126 valence electrons. The second-order valence-electron chi connectivity index (χ2n) is 4.68. The predicted octanol–water partition coefficient (Wildman–Crippen LogP) is 2.93. The van der Waals surface area contributed by atoms with Crippen molar-refractivity contribution in [1.82, 2.24) is 4.98 Å². The van der Waals surface area contributed by atoms with Crippen molar-refractivity contribution in [2.75, 3.05) is 0 Å². The summed E-state index contributed by atoms with van der Waals surface area (Å²) in [6.45, 7) is 0.791. The van der Waals surface area contributed by atoms with Crippen LogP contribution in [0.15, 0.2) is 40.6 Å². The highest BCUT2D eigenvalue weighted by atomic mass is 31.2. The molecule has 0 saturated heterocycles. The monoisotopic (exact) mass is 351 g/mol. The van der Waals surface area contributed by atoms with Crippen molar-refractivity contribution in [3.63, 3.8) is 0 Å². The fourth-order valence-electron chi connectivity index (χ4n) is 1.84. The predicted molar refractivity (Wildman–Crippen MR) is 83.5 cm³/mol. The number of phosphoric ester groups is 1. The molecule has 1 heterocycles. The van der Waals surface area contributed by atoms with Crippen molar-refractivity contribution >= 4 is 25.6 Å². The van der Waals surface area contributed by atoms with E-state index in [-0.39, 0.29) is 22.6 Å². The summed E-state index contributed by atoms with van der Waals surface area (Å²) in [5, 5.41) is 17.7. The lowest BCUT2D eigenvalue weighted by Gasteiger charge is -2.12. The van der Waals surface area contributed by atoms with Gasteiger partial charge < -0.3 is 14.9 Å². The molecule has 2 aromatic rings. The fraction of sp³-hybridized carbons (Fsp3) is 0.143. The van der Waals surface area contributed by atoms with Gasteiger partial charge in [-0.2, -0.15) is 0 Å². The minimum Gasteiger partial charge on any atom is -0.505 e. The number of rotatable bonds is 6. The average molecular weight is 351 g/mol. The molecule has 3 N–H and O–H groups in total. The average Bonchev–Trinajstić information content (AvgIpc) is 2.54. The SMILES string of the molecule is Cc1nc(N=Nc2ccccc2)c(COP(=O)(O)O)c(C=O)c1O. The van der Waals surface area contributed by atoms with Crippen LogP contribution in [0.4, 0.5) is 11.5 Å². The van der Waals surface area contributed by atoms with Crippen molar-refractivity contribution in [3.8, 4) is 5.75 Å². The first-order chi connectivity index (χ1) is 11.3. The zero-order valence-electron chi connectivity index (χ0n) is 12.5. The Labute approximate surface area is 136 Å². The summed E-state index contributed by atoms with van der Waals surface area (Å²) in [6, 6.07) is 8.66. The normalized spacial score (nSPS) is 11.8. The summed E-state index contributed by atoms with van der Waals surface area (Å²) in [7, 11) is -4.78. The van der Waals surface area contributed by atoms with Crippen LogP contribution in [0.25, 0.3) is 0 Å². The number of aldehydes is 1. The van der Waals surface area contributed by atoms with Gasteiger partial charge in [-0.25, -0.2) is 9.55 Å².